The van der Waals surface area contributed by atoms with E-state index in [0.717, 1.165) is 5.56 Å². The molecule has 1 aromatic carbocycles. The maximum absolute atomic E-state index is 11.5. The van der Waals surface area contributed by atoms with Crippen LogP contribution >= 0.6 is 12.6 Å². The summed E-state index contributed by atoms with van der Waals surface area (Å²) in [5.41, 5.74) is 1.73. The third kappa shape index (κ3) is 3.93. The second-order valence-electron chi connectivity index (χ2n) is 3.19. The van der Waals surface area contributed by atoms with Crippen LogP contribution < -0.4 is 5.32 Å². The summed E-state index contributed by atoms with van der Waals surface area (Å²) in [6, 6.07) is 7.32. The number of nitrogens with one attached hydrogen (secondary N) is 1. The number of hydrogen-bond donors (Lipinski definition) is 3. The van der Waals surface area contributed by atoms with Gasteiger partial charge in [0.15, 0.2) is 0 Å². The molecule has 0 aliphatic rings. The van der Waals surface area contributed by atoms with Crippen molar-refractivity contribution in [3.63, 3.8) is 0 Å². The highest BCUT2D eigenvalue weighted by Crippen LogP contribution is 2.06. The zero-order valence-corrected chi connectivity index (χ0v) is 9.33. The van der Waals surface area contributed by atoms with Crippen molar-refractivity contribution in [2.24, 2.45) is 0 Å². The number of hydrogen-bond acceptors (Lipinski definition) is 3. The molecule has 3 nitrogen and oxygen atoms in total. The molecule has 4 heteroatoms. The summed E-state index contributed by atoms with van der Waals surface area (Å²) in [6.07, 6.45) is 0.584. The Balaban J connectivity index is 2.50. The topological polar surface area (TPSA) is 49.3 Å². The molecule has 2 N–H and O–H groups in total. The van der Waals surface area contributed by atoms with E-state index in [9.17, 15) is 4.79 Å². The Morgan fingerprint density at radius 1 is 1.33 bits per heavy atom. The minimum absolute atomic E-state index is 0.0961. The standard InChI is InChI=1S/C11H15NO2S/c13-7-1-6-12-11(14)10-4-2-9(8-15)3-5-10/h2-5,13,15H,1,6-8H2,(H,12,14). The molecular formula is C11H15NO2S. The third-order valence-electron chi connectivity index (χ3n) is 2.02. The van der Waals surface area contributed by atoms with E-state index in [1.807, 2.05) is 12.1 Å². The molecular weight excluding hydrogens is 210 g/mol. The van der Waals surface area contributed by atoms with Crippen LogP contribution in [-0.4, -0.2) is 24.2 Å². The van der Waals surface area contributed by atoms with Gasteiger partial charge in [0.05, 0.1) is 0 Å². The molecule has 0 aromatic heterocycles. The summed E-state index contributed by atoms with van der Waals surface area (Å²) in [5, 5.41) is 11.3. The van der Waals surface area contributed by atoms with Gasteiger partial charge < -0.3 is 10.4 Å². The molecule has 1 aromatic rings. The molecule has 0 fully saturated rings. The van der Waals surface area contributed by atoms with Crippen LogP contribution in [-0.2, 0) is 5.75 Å². The highest BCUT2D eigenvalue weighted by atomic mass is 32.1. The van der Waals surface area contributed by atoms with Gasteiger partial charge in [-0.15, -0.1) is 0 Å². The number of benzene rings is 1. The molecule has 0 aliphatic carbocycles. The fraction of sp³-hybridized carbons (Fsp3) is 0.364. The molecule has 0 spiro atoms. The van der Waals surface area contributed by atoms with Gasteiger partial charge in [-0.3, -0.25) is 4.79 Å². The van der Waals surface area contributed by atoms with Crippen LogP contribution in [0.1, 0.15) is 22.3 Å². The SMILES string of the molecule is O=C(NCCCO)c1ccc(CS)cc1. The molecule has 0 saturated carbocycles. The monoisotopic (exact) mass is 225 g/mol. The Bertz CT molecular complexity index is 311. The molecule has 0 atom stereocenters. The Labute approximate surface area is 94.9 Å². The van der Waals surface area contributed by atoms with Crippen LogP contribution in [0.3, 0.4) is 0 Å². The summed E-state index contributed by atoms with van der Waals surface area (Å²) in [7, 11) is 0. The van der Waals surface area contributed by atoms with Crippen molar-refractivity contribution >= 4 is 18.5 Å². The largest absolute Gasteiger partial charge is 0.396 e. The Hall–Kier alpha value is -1.00. The molecule has 82 valence electrons. The Kier molecular flexibility index (Phi) is 5.21. The quantitative estimate of drug-likeness (QED) is 0.521. The van der Waals surface area contributed by atoms with Gasteiger partial charge in [-0.25, -0.2) is 0 Å². The lowest BCUT2D eigenvalue weighted by molar-refractivity contribution is 0.0951. The minimum atomic E-state index is -0.103. The first-order valence-electron chi connectivity index (χ1n) is 4.87. The minimum Gasteiger partial charge on any atom is -0.396 e. The van der Waals surface area contributed by atoms with E-state index in [1.165, 1.54) is 0 Å². The van der Waals surface area contributed by atoms with Gasteiger partial charge in [0.2, 0.25) is 0 Å². The fourth-order valence-electron chi connectivity index (χ4n) is 1.14. The normalized spacial score (nSPS) is 10.0. The lowest BCUT2D eigenvalue weighted by Crippen LogP contribution is -2.24. The molecule has 0 unspecified atom stereocenters. The van der Waals surface area contributed by atoms with Gasteiger partial charge in [0.1, 0.15) is 0 Å². The first kappa shape index (κ1) is 12.1. The van der Waals surface area contributed by atoms with Crippen molar-refractivity contribution in [1.29, 1.82) is 0 Å². The lowest BCUT2D eigenvalue weighted by atomic mass is 10.1. The maximum atomic E-state index is 11.5. The van der Waals surface area contributed by atoms with Gasteiger partial charge in [0, 0.05) is 24.5 Å². The lowest BCUT2D eigenvalue weighted by Gasteiger charge is -2.04. The predicted octanol–water partition coefficient (Wildman–Crippen LogP) is 1.23. The van der Waals surface area contributed by atoms with E-state index in [2.05, 4.69) is 17.9 Å². The molecule has 0 saturated heterocycles. The van der Waals surface area contributed by atoms with Crippen molar-refractivity contribution in [2.45, 2.75) is 12.2 Å². The van der Waals surface area contributed by atoms with Crippen molar-refractivity contribution < 1.29 is 9.90 Å². The zero-order valence-electron chi connectivity index (χ0n) is 8.44. The second kappa shape index (κ2) is 6.48. The predicted molar refractivity (Wildman–Crippen MR) is 63.2 cm³/mol. The molecule has 0 aliphatic heterocycles. The van der Waals surface area contributed by atoms with E-state index in [4.69, 9.17) is 5.11 Å². The van der Waals surface area contributed by atoms with Crippen molar-refractivity contribution in [3.05, 3.63) is 35.4 Å². The summed E-state index contributed by atoms with van der Waals surface area (Å²) >= 11 is 4.14. The van der Waals surface area contributed by atoms with E-state index in [0.29, 0.717) is 24.3 Å². The first-order valence-corrected chi connectivity index (χ1v) is 5.50. The number of amides is 1. The Morgan fingerprint density at radius 3 is 2.53 bits per heavy atom. The maximum Gasteiger partial charge on any atom is 0.251 e. The number of carbonyl (C=O) groups excluding carboxylic acids is 1. The van der Waals surface area contributed by atoms with Crippen LogP contribution in [0, 0.1) is 0 Å². The van der Waals surface area contributed by atoms with E-state index in [-0.39, 0.29) is 12.5 Å². The molecule has 15 heavy (non-hydrogen) atoms. The van der Waals surface area contributed by atoms with Crippen LogP contribution in [0.25, 0.3) is 0 Å². The summed E-state index contributed by atoms with van der Waals surface area (Å²) in [5.74, 6) is 0.570. The second-order valence-corrected chi connectivity index (χ2v) is 3.50. The first-order chi connectivity index (χ1) is 7.27. The highest BCUT2D eigenvalue weighted by Gasteiger charge is 2.03. The number of aliphatic hydroxyl groups excluding tert-OH is 1. The van der Waals surface area contributed by atoms with E-state index < -0.39 is 0 Å². The molecule has 1 rings (SSSR count). The van der Waals surface area contributed by atoms with Crippen molar-refractivity contribution in [1.82, 2.24) is 5.32 Å². The van der Waals surface area contributed by atoms with Crippen LogP contribution in [0.15, 0.2) is 24.3 Å². The smallest absolute Gasteiger partial charge is 0.251 e. The van der Waals surface area contributed by atoms with E-state index in [1.54, 1.807) is 12.1 Å². The molecule has 0 heterocycles. The third-order valence-corrected chi connectivity index (χ3v) is 2.38. The van der Waals surface area contributed by atoms with Crippen LogP contribution in [0.5, 0.6) is 0 Å². The summed E-state index contributed by atoms with van der Waals surface area (Å²) in [4.78, 5) is 11.5. The van der Waals surface area contributed by atoms with Crippen molar-refractivity contribution in [3.8, 4) is 0 Å². The summed E-state index contributed by atoms with van der Waals surface area (Å²) < 4.78 is 0. The van der Waals surface area contributed by atoms with Crippen molar-refractivity contribution in [2.75, 3.05) is 13.2 Å². The average molecular weight is 225 g/mol. The van der Waals surface area contributed by atoms with Gasteiger partial charge >= 0.3 is 0 Å². The number of thiol groups is 1. The number of rotatable bonds is 5. The number of carbonyl (C=O) groups is 1. The van der Waals surface area contributed by atoms with Gasteiger partial charge in [-0.2, -0.15) is 12.6 Å². The summed E-state index contributed by atoms with van der Waals surface area (Å²) in [6.45, 7) is 0.600. The van der Waals surface area contributed by atoms with Crippen LogP contribution in [0.4, 0.5) is 0 Å². The number of aliphatic hydroxyl groups is 1. The van der Waals surface area contributed by atoms with Crippen LogP contribution in [0.2, 0.25) is 0 Å². The van der Waals surface area contributed by atoms with Gasteiger partial charge in [-0.05, 0) is 24.1 Å². The average Bonchev–Trinajstić information content (AvgIpc) is 2.29. The van der Waals surface area contributed by atoms with Gasteiger partial charge in [0.25, 0.3) is 5.91 Å². The van der Waals surface area contributed by atoms with Gasteiger partial charge in [-0.1, -0.05) is 12.1 Å². The zero-order chi connectivity index (χ0) is 11.1. The molecule has 1 amide bonds. The molecule has 0 bridgehead atoms. The highest BCUT2D eigenvalue weighted by molar-refractivity contribution is 7.79. The van der Waals surface area contributed by atoms with E-state index >= 15 is 0 Å². The molecule has 0 radical (unpaired) electrons. The Morgan fingerprint density at radius 2 is 2.00 bits per heavy atom. The fourth-order valence-corrected chi connectivity index (χ4v) is 1.36.